The van der Waals surface area contributed by atoms with Crippen LogP contribution in [0.1, 0.15) is 18.9 Å². The van der Waals surface area contributed by atoms with E-state index >= 15 is 0 Å². The second-order valence-corrected chi connectivity index (χ2v) is 5.69. The molecule has 5 nitrogen and oxygen atoms in total. The second kappa shape index (κ2) is 6.72. The van der Waals surface area contributed by atoms with Crippen molar-refractivity contribution in [3.05, 3.63) is 35.9 Å². The highest BCUT2D eigenvalue weighted by Crippen LogP contribution is 2.21. The third-order valence-corrected chi connectivity index (χ3v) is 3.98. The maximum Gasteiger partial charge on any atom is 0.223 e. The number of aliphatic hydroxyl groups is 1. The predicted molar refractivity (Wildman–Crippen MR) is 79.3 cm³/mol. The van der Waals surface area contributed by atoms with Crippen LogP contribution in [0.5, 0.6) is 0 Å². The van der Waals surface area contributed by atoms with E-state index in [9.17, 15) is 14.7 Å². The Morgan fingerprint density at radius 2 is 1.95 bits per heavy atom. The molecule has 21 heavy (non-hydrogen) atoms. The Balaban J connectivity index is 1.88. The highest BCUT2D eigenvalue weighted by molar-refractivity contribution is 5.77. The van der Waals surface area contributed by atoms with Crippen LogP contribution in [0.2, 0.25) is 0 Å². The molecule has 0 aliphatic carbocycles. The van der Waals surface area contributed by atoms with Gasteiger partial charge in [-0.1, -0.05) is 30.3 Å². The molecule has 2 amide bonds. The lowest BCUT2D eigenvalue weighted by Crippen LogP contribution is -2.31. The summed E-state index contributed by atoms with van der Waals surface area (Å²) in [5.74, 6) is -0.227. The van der Waals surface area contributed by atoms with Crippen molar-refractivity contribution in [3.63, 3.8) is 0 Å². The number of nitrogens with zero attached hydrogens (tertiary/aromatic N) is 2. The van der Waals surface area contributed by atoms with Crippen LogP contribution < -0.4 is 0 Å². The number of β-amino-alcohol motifs (C(OH)–C–C–N with tert-alkyl or cyclic N) is 1. The third kappa shape index (κ3) is 4.04. The van der Waals surface area contributed by atoms with Crippen molar-refractivity contribution in [3.8, 4) is 0 Å². The molecule has 0 radical (unpaired) electrons. The minimum Gasteiger partial charge on any atom is -0.391 e. The molecule has 114 valence electrons. The van der Waals surface area contributed by atoms with Gasteiger partial charge in [0, 0.05) is 45.9 Å². The van der Waals surface area contributed by atoms with Crippen molar-refractivity contribution in [1.82, 2.24) is 9.80 Å². The van der Waals surface area contributed by atoms with Gasteiger partial charge in [0.15, 0.2) is 0 Å². The van der Waals surface area contributed by atoms with Crippen molar-refractivity contribution < 1.29 is 14.7 Å². The number of hydrogen-bond acceptors (Lipinski definition) is 3. The van der Waals surface area contributed by atoms with Gasteiger partial charge >= 0.3 is 0 Å². The Labute approximate surface area is 125 Å². The van der Waals surface area contributed by atoms with Crippen molar-refractivity contribution in [2.75, 3.05) is 20.1 Å². The van der Waals surface area contributed by atoms with Gasteiger partial charge in [-0.15, -0.1) is 0 Å². The van der Waals surface area contributed by atoms with E-state index in [2.05, 4.69) is 0 Å². The molecule has 1 heterocycles. The SMILES string of the molecule is CC(=O)N1C[C@H](CC(=O)N(C)Cc2ccccc2)[C@@H](O)C1. The van der Waals surface area contributed by atoms with Crippen molar-refractivity contribution >= 4 is 11.8 Å². The lowest BCUT2D eigenvalue weighted by Gasteiger charge is -2.20. The van der Waals surface area contributed by atoms with Gasteiger partial charge in [0.2, 0.25) is 11.8 Å². The third-order valence-electron chi connectivity index (χ3n) is 3.98. The van der Waals surface area contributed by atoms with Gasteiger partial charge in [-0.25, -0.2) is 0 Å². The normalized spacial score (nSPS) is 21.4. The van der Waals surface area contributed by atoms with E-state index in [0.29, 0.717) is 19.6 Å². The highest BCUT2D eigenvalue weighted by Gasteiger charge is 2.34. The first kappa shape index (κ1) is 15.5. The van der Waals surface area contributed by atoms with E-state index in [1.165, 1.54) is 6.92 Å². The maximum absolute atomic E-state index is 12.2. The van der Waals surface area contributed by atoms with Gasteiger partial charge < -0.3 is 14.9 Å². The van der Waals surface area contributed by atoms with Crippen LogP contribution >= 0.6 is 0 Å². The largest absolute Gasteiger partial charge is 0.391 e. The van der Waals surface area contributed by atoms with Gasteiger partial charge in [0.25, 0.3) is 0 Å². The Kier molecular flexibility index (Phi) is 4.96. The summed E-state index contributed by atoms with van der Waals surface area (Å²) in [7, 11) is 1.76. The van der Waals surface area contributed by atoms with Gasteiger partial charge in [-0.05, 0) is 5.56 Å². The fourth-order valence-electron chi connectivity index (χ4n) is 2.64. The summed E-state index contributed by atoms with van der Waals surface area (Å²) in [6.07, 6.45) is -0.336. The van der Waals surface area contributed by atoms with Crippen LogP contribution in [0.25, 0.3) is 0 Å². The number of benzene rings is 1. The molecule has 2 rings (SSSR count). The van der Waals surface area contributed by atoms with Gasteiger partial charge in [-0.3, -0.25) is 9.59 Å². The number of likely N-dealkylation sites (tertiary alicyclic amines) is 1. The van der Waals surface area contributed by atoms with E-state index in [4.69, 9.17) is 0 Å². The van der Waals surface area contributed by atoms with Crippen LogP contribution in [0.3, 0.4) is 0 Å². The molecule has 1 aliphatic heterocycles. The zero-order chi connectivity index (χ0) is 15.4. The fourth-order valence-corrected chi connectivity index (χ4v) is 2.64. The molecule has 0 unspecified atom stereocenters. The summed E-state index contributed by atoms with van der Waals surface area (Å²) in [6, 6.07) is 9.78. The molecule has 2 atom stereocenters. The van der Waals surface area contributed by atoms with Crippen LogP contribution in [-0.4, -0.2) is 53.0 Å². The minimum atomic E-state index is -0.608. The molecule has 1 aromatic carbocycles. The van der Waals surface area contributed by atoms with Gasteiger partial charge in [-0.2, -0.15) is 0 Å². The molecular weight excluding hydrogens is 268 g/mol. The lowest BCUT2D eigenvalue weighted by atomic mass is 10.0. The standard InChI is InChI=1S/C16H22N2O3/c1-12(19)18-10-14(15(20)11-18)8-16(21)17(2)9-13-6-4-3-5-7-13/h3-7,14-15,20H,8-11H2,1-2H3/t14-,15-/m0/s1. The fraction of sp³-hybridized carbons (Fsp3) is 0.500. The van der Waals surface area contributed by atoms with Crippen LogP contribution in [0.4, 0.5) is 0 Å². The Morgan fingerprint density at radius 3 is 2.52 bits per heavy atom. The lowest BCUT2D eigenvalue weighted by molar-refractivity contribution is -0.132. The van der Waals surface area contributed by atoms with Crippen LogP contribution in [0.15, 0.2) is 30.3 Å². The quantitative estimate of drug-likeness (QED) is 0.895. The van der Waals surface area contributed by atoms with E-state index in [0.717, 1.165) is 5.56 Å². The summed E-state index contributed by atoms with van der Waals surface area (Å²) in [4.78, 5) is 26.8. The molecular formula is C16H22N2O3. The minimum absolute atomic E-state index is 0.00620. The first-order valence-electron chi connectivity index (χ1n) is 7.19. The summed E-state index contributed by atoms with van der Waals surface area (Å²) in [5, 5.41) is 9.96. The molecule has 0 aromatic heterocycles. The second-order valence-electron chi connectivity index (χ2n) is 5.69. The van der Waals surface area contributed by atoms with E-state index in [1.807, 2.05) is 30.3 Å². The van der Waals surface area contributed by atoms with Crippen molar-refractivity contribution in [2.24, 2.45) is 5.92 Å². The molecule has 0 spiro atoms. The molecule has 0 saturated carbocycles. The Morgan fingerprint density at radius 1 is 1.29 bits per heavy atom. The number of carbonyl (C=O) groups is 2. The summed E-state index contributed by atoms with van der Waals surface area (Å²) >= 11 is 0. The van der Waals surface area contributed by atoms with Crippen LogP contribution in [0, 0.1) is 5.92 Å². The number of aliphatic hydroxyl groups excluding tert-OH is 1. The first-order chi connectivity index (χ1) is 9.97. The summed E-state index contributed by atoms with van der Waals surface area (Å²) in [6.45, 7) is 2.83. The number of hydrogen-bond donors (Lipinski definition) is 1. The zero-order valence-electron chi connectivity index (χ0n) is 12.5. The molecule has 1 saturated heterocycles. The van der Waals surface area contributed by atoms with E-state index in [1.54, 1.807) is 16.8 Å². The average molecular weight is 290 g/mol. The molecule has 5 heteroatoms. The van der Waals surface area contributed by atoms with Crippen molar-refractivity contribution in [1.29, 1.82) is 0 Å². The smallest absolute Gasteiger partial charge is 0.223 e. The summed E-state index contributed by atoms with van der Waals surface area (Å²) in [5.41, 5.74) is 1.07. The van der Waals surface area contributed by atoms with Crippen LogP contribution in [-0.2, 0) is 16.1 Å². The van der Waals surface area contributed by atoms with Gasteiger partial charge in [0.1, 0.15) is 0 Å². The molecule has 1 fully saturated rings. The van der Waals surface area contributed by atoms with Gasteiger partial charge in [0.05, 0.1) is 6.10 Å². The number of amides is 2. The van der Waals surface area contributed by atoms with Crippen molar-refractivity contribution in [2.45, 2.75) is 26.0 Å². The van der Waals surface area contributed by atoms with E-state index in [-0.39, 0.29) is 24.2 Å². The molecule has 1 aliphatic rings. The zero-order valence-corrected chi connectivity index (χ0v) is 12.5. The monoisotopic (exact) mass is 290 g/mol. The topological polar surface area (TPSA) is 60.9 Å². The molecule has 0 bridgehead atoms. The number of rotatable bonds is 4. The molecule has 1 aromatic rings. The summed E-state index contributed by atoms with van der Waals surface area (Å²) < 4.78 is 0. The Hall–Kier alpha value is -1.88. The molecule has 1 N–H and O–H groups in total. The number of carbonyl (C=O) groups excluding carboxylic acids is 2. The Bertz CT molecular complexity index is 504. The maximum atomic E-state index is 12.2. The predicted octanol–water partition coefficient (Wildman–Crippen LogP) is 0.874. The average Bonchev–Trinajstić information content (AvgIpc) is 2.81. The highest BCUT2D eigenvalue weighted by atomic mass is 16.3. The van der Waals surface area contributed by atoms with E-state index < -0.39 is 6.10 Å². The first-order valence-corrected chi connectivity index (χ1v) is 7.19.